The predicted molar refractivity (Wildman–Crippen MR) is 36.5 cm³/mol. The predicted octanol–water partition coefficient (Wildman–Crippen LogP) is 2.11. The summed E-state index contributed by atoms with van der Waals surface area (Å²) in [7, 11) is 0. The smallest absolute Gasteiger partial charge is 0.241 e. The Balaban J connectivity index is 3.19. The molecule has 0 aliphatic carbocycles. The van der Waals surface area contributed by atoms with Crippen molar-refractivity contribution in [3.8, 4) is 0 Å². The highest BCUT2D eigenvalue weighted by molar-refractivity contribution is 5.19. The molecule has 1 aromatic rings. The summed E-state index contributed by atoms with van der Waals surface area (Å²) in [4.78, 5) is 7.08. The second kappa shape index (κ2) is 2.73. The Labute approximate surface area is 67.5 Å². The monoisotopic (exact) mass is 176 g/mol. The average molecular weight is 176 g/mol. The molecule has 0 unspecified atom stereocenters. The topological polar surface area (TPSA) is 25.8 Å². The van der Waals surface area contributed by atoms with Crippen LogP contribution in [-0.4, -0.2) is 9.97 Å². The third kappa shape index (κ3) is 1.72. The normalized spacial score (nSPS) is 11.8. The minimum absolute atomic E-state index is 0.0324. The van der Waals surface area contributed by atoms with Crippen molar-refractivity contribution in [1.82, 2.24) is 9.97 Å². The summed E-state index contributed by atoms with van der Waals surface area (Å²) in [6, 6.07) is 0. The number of alkyl halides is 3. The van der Waals surface area contributed by atoms with Crippen LogP contribution in [-0.2, 0) is 6.18 Å². The van der Waals surface area contributed by atoms with Crippen molar-refractivity contribution in [1.29, 1.82) is 0 Å². The van der Waals surface area contributed by atoms with Crippen LogP contribution >= 0.6 is 0 Å². The highest BCUT2D eigenvalue weighted by Gasteiger charge is 2.33. The molecule has 5 heteroatoms. The summed E-state index contributed by atoms with van der Waals surface area (Å²) in [6.45, 7) is 2.87. The van der Waals surface area contributed by atoms with Gasteiger partial charge in [0.25, 0.3) is 0 Å². The highest BCUT2D eigenvalue weighted by atomic mass is 19.4. The molecule has 0 aliphatic rings. The van der Waals surface area contributed by atoms with Gasteiger partial charge in [0.2, 0.25) is 0 Å². The molecular weight excluding hydrogens is 169 g/mol. The highest BCUT2D eigenvalue weighted by Crippen LogP contribution is 2.30. The zero-order valence-corrected chi connectivity index (χ0v) is 6.61. The molecule has 1 heterocycles. The van der Waals surface area contributed by atoms with Crippen molar-refractivity contribution < 1.29 is 13.2 Å². The van der Waals surface area contributed by atoms with Gasteiger partial charge in [0, 0.05) is 6.20 Å². The molecule has 0 radical (unpaired) electrons. The molecule has 1 rings (SSSR count). The lowest BCUT2D eigenvalue weighted by Crippen LogP contribution is -2.10. The fraction of sp³-hybridized carbons (Fsp3) is 0.429. The van der Waals surface area contributed by atoms with Crippen molar-refractivity contribution in [2.45, 2.75) is 20.0 Å². The van der Waals surface area contributed by atoms with Crippen LogP contribution in [0.3, 0.4) is 0 Å². The third-order valence-electron chi connectivity index (χ3n) is 1.41. The van der Waals surface area contributed by atoms with E-state index in [4.69, 9.17) is 0 Å². The second-order valence-corrected chi connectivity index (χ2v) is 2.41. The van der Waals surface area contributed by atoms with Crippen LogP contribution < -0.4 is 0 Å². The van der Waals surface area contributed by atoms with Crippen molar-refractivity contribution in [3.05, 3.63) is 23.3 Å². The molecule has 2 nitrogen and oxygen atoms in total. The van der Waals surface area contributed by atoms with Crippen molar-refractivity contribution in [2.75, 3.05) is 0 Å². The summed E-state index contributed by atoms with van der Waals surface area (Å²) in [5.74, 6) is 0.348. The SMILES string of the molecule is Cc1ncc(C(F)(F)F)c(C)n1. The summed E-state index contributed by atoms with van der Waals surface area (Å²) in [5.41, 5.74) is -0.803. The van der Waals surface area contributed by atoms with E-state index in [2.05, 4.69) is 9.97 Å². The van der Waals surface area contributed by atoms with Crippen molar-refractivity contribution >= 4 is 0 Å². The van der Waals surface area contributed by atoms with Gasteiger partial charge in [-0.05, 0) is 13.8 Å². The molecule has 0 saturated carbocycles. The first kappa shape index (κ1) is 8.96. The number of halogens is 3. The molecule has 0 saturated heterocycles. The first-order chi connectivity index (χ1) is 5.41. The van der Waals surface area contributed by atoms with Crippen LogP contribution in [0.25, 0.3) is 0 Å². The Kier molecular flexibility index (Phi) is 2.04. The van der Waals surface area contributed by atoms with E-state index < -0.39 is 11.7 Å². The second-order valence-electron chi connectivity index (χ2n) is 2.41. The van der Waals surface area contributed by atoms with E-state index in [1.165, 1.54) is 6.92 Å². The Morgan fingerprint density at radius 2 is 1.83 bits per heavy atom. The lowest BCUT2D eigenvalue weighted by molar-refractivity contribution is -0.138. The quantitative estimate of drug-likeness (QED) is 0.605. The van der Waals surface area contributed by atoms with Gasteiger partial charge in [0.05, 0.1) is 11.3 Å². The Hall–Kier alpha value is -1.13. The van der Waals surface area contributed by atoms with Crippen LogP contribution in [0.4, 0.5) is 13.2 Å². The molecule has 0 fully saturated rings. The molecule has 0 N–H and O–H groups in total. The molecule has 0 aliphatic heterocycles. The summed E-state index contributed by atoms with van der Waals surface area (Å²) < 4.78 is 36.3. The van der Waals surface area contributed by atoms with Crippen LogP contribution in [0.5, 0.6) is 0 Å². The molecule has 1 aromatic heterocycles. The van der Waals surface area contributed by atoms with Gasteiger partial charge in [-0.2, -0.15) is 13.2 Å². The molecule has 0 bridgehead atoms. The maximum absolute atomic E-state index is 12.1. The fourth-order valence-electron chi connectivity index (χ4n) is 0.861. The van der Waals surface area contributed by atoms with E-state index in [1.54, 1.807) is 6.92 Å². The van der Waals surface area contributed by atoms with Crippen molar-refractivity contribution in [3.63, 3.8) is 0 Å². The maximum Gasteiger partial charge on any atom is 0.419 e. The lowest BCUT2D eigenvalue weighted by atomic mass is 10.2. The van der Waals surface area contributed by atoms with E-state index in [1.807, 2.05) is 0 Å². The maximum atomic E-state index is 12.1. The summed E-state index contributed by atoms with van der Waals surface area (Å²) >= 11 is 0. The van der Waals surface area contributed by atoms with Gasteiger partial charge in [-0.15, -0.1) is 0 Å². The van der Waals surface area contributed by atoms with E-state index >= 15 is 0 Å². The van der Waals surface area contributed by atoms with Gasteiger partial charge in [-0.1, -0.05) is 0 Å². The molecule has 12 heavy (non-hydrogen) atoms. The molecule has 0 amide bonds. The zero-order chi connectivity index (χ0) is 9.35. The number of aromatic nitrogens is 2. The Morgan fingerprint density at radius 1 is 1.25 bits per heavy atom. The number of hydrogen-bond donors (Lipinski definition) is 0. The van der Waals surface area contributed by atoms with Gasteiger partial charge in [0.15, 0.2) is 0 Å². The van der Waals surface area contributed by atoms with E-state index in [9.17, 15) is 13.2 Å². The zero-order valence-electron chi connectivity index (χ0n) is 6.61. The van der Waals surface area contributed by atoms with Gasteiger partial charge in [-0.25, -0.2) is 9.97 Å². The van der Waals surface area contributed by atoms with E-state index in [-0.39, 0.29) is 5.69 Å². The van der Waals surface area contributed by atoms with Gasteiger partial charge in [0.1, 0.15) is 5.82 Å². The van der Waals surface area contributed by atoms with Gasteiger partial charge >= 0.3 is 6.18 Å². The number of rotatable bonds is 0. The largest absolute Gasteiger partial charge is 0.419 e. The average Bonchev–Trinajstić information content (AvgIpc) is 1.83. The lowest BCUT2D eigenvalue weighted by Gasteiger charge is -2.08. The number of nitrogens with zero attached hydrogens (tertiary/aromatic N) is 2. The summed E-state index contributed by atoms with van der Waals surface area (Å²) in [6.07, 6.45) is -3.55. The first-order valence-corrected chi connectivity index (χ1v) is 3.28. The molecule has 66 valence electrons. The van der Waals surface area contributed by atoms with E-state index in [0.717, 1.165) is 6.20 Å². The minimum atomic E-state index is -4.35. The van der Waals surface area contributed by atoms with Gasteiger partial charge in [-0.3, -0.25) is 0 Å². The fourth-order valence-corrected chi connectivity index (χ4v) is 0.861. The number of aryl methyl sites for hydroxylation is 2. The summed E-state index contributed by atoms with van der Waals surface area (Å²) in [5, 5.41) is 0. The minimum Gasteiger partial charge on any atom is -0.241 e. The third-order valence-corrected chi connectivity index (χ3v) is 1.41. The molecule has 0 spiro atoms. The Morgan fingerprint density at radius 3 is 2.25 bits per heavy atom. The standard InChI is InChI=1S/C7H7F3N2/c1-4-6(7(8,9)10)3-11-5(2)12-4/h3H,1-2H3. The number of hydrogen-bond acceptors (Lipinski definition) is 2. The molecule has 0 aromatic carbocycles. The van der Waals surface area contributed by atoms with Crippen LogP contribution in [0.1, 0.15) is 17.1 Å². The van der Waals surface area contributed by atoms with Gasteiger partial charge < -0.3 is 0 Å². The van der Waals surface area contributed by atoms with Crippen LogP contribution in [0.15, 0.2) is 6.20 Å². The van der Waals surface area contributed by atoms with Crippen LogP contribution in [0, 0.1) is 13.8 Å². The van der Waals surface area contributed by atoms with E-state index in [0.29, 0.717) is 5.82 Å². The molecular formula is C7H7F3N2. The Bertz CT molecular complexity index is 293. The molecule has 0 atom stereocenters. The first-order valence-electron chi connectivity index (χ1n) is 3.28. The van der Waals surface area contributed by atoms with Crippen molar-refractivity contribution in [2.24, 2.45) is 0 Å². The van der Waals surface area contributed by atoms with Crippen LogP contribution in [0.2, 0.25) is 0 Å².